The number of ether oxygens (including phenoxy) is 2. The number of aromatic nitrogens is 1. The van der Waals surface area contributed by atoms with Crippen molar-refractivity contribution < 1.29 is 18.7 Å². The van der Waals surface area contributed by atoms with Crippen molar-refractivity contribution in [1.82, 2.24) is 4.98 Å². The van der Waals surface area contributed by atoms with Crippen LogP contribution in [0.2, 0.25) is 5.02 Å². The molecule has 0 N–H and O–H groups in total. The molecular weight excluding hydrogens is 383 g/mol. The van der Waals surface area contributed by atoms with Crippen molar-refractivity contribution >= 4 is 23.3 Å². The van der Waals surface area contributed by atoms with Gasteiger partial charge in [0.05, 0.1) is 7.11 Å². The van der Waals surface area contributed by atoms with Crippen LogP contribution in [-0.2, 0) is 4.79 Å². The van der Waals surface area contributed by atoms with Crippen molar-refractivity contribution in [3.05, 3.63) is 64.6 Å². The van der Waals surface area contributed by atoms with Crippen LogP contribution in [0.15, 0.2) is 53.8 Å². The summed E-state index contributed by atoms with van der Waals surface area (Å²) in [7, 11) is 1.51. The molecule has 28 heavy (non-hydrogen) atoms. The molecule has 0 bridgehead atoms. The number of rotatable bonds is 4. The Morgan fingerprint density at radius 1 is 1.18 bits per heavy atom. The average Bonchev–Trinajstić information content (AvgIpc) is 2.95. The number of carbonyl (C=O) groups is 1. The highest BCUT2D eigenvalue weighted by molar-refractivity contribution is 6.32. The van der Waals surface area contributed by atoms with Gasteiger partial charge in [-0.1, -0.05) is 30.3 Å². The SMILES string of the molecule is C=C1C2=C(CCCC2)C(=O)N1c1nc(Oc2ccccc2OC)c(Cl)cc1F. The molecule has 0 saturated carbocycles. The van der Waals surface area contributed by atoms with Gasteiger partial charge >= 0.3 is 0 Å². The van der Waals surface area contributed by atoms with Crippen molar-refractivity contribution in [3.8, 4) is 17.4 Å². The lowest BCUT2D eigenvalue weighted by Gasteiger charge is -2.20. The number of nitrogens with zero attached hydrogens (tertiary/aromatic N) is 2. The van der Waals surface area contributed by atoms with Crippen molar-refractivity contribution in [3.63, 3.8) is 0 Å². The zero-order valence-corrected chi connectivity index (χ0v) is 16.1. The van der Waals surface area contributed by atoms with Crippen molar-refractivity contribution in [1.29, 1.82) is 0 Å². The van der Waals surface area contributed by atoms with Crippen LogP contribution in [0.1, 0.15) is 25.7 Å². The third-order valence-corrected chi connectivity index (χ3v) is 5.18. The van der Waals surface area contributed by atoms with E-state index < -0.39 is 5.82 Å². The first kappa shape index (κ1) is 18.5. The molecule has 0 saturated heterocycles. The number of allylic oxidation sites excluding steroid dienone is 1. The molecular formula is C21H18ClFN2O3. The maximum absolute atomic E-state index is 14.7. The predicted octanol–water partition coefficient (Wildman–Crippen LogP) is 5.41. The molecule has 7 heteroatoms. The van der Waals surface area contributed by atoms with Gasteiger partial charge in [0.1, 0.15) is 5.02 Å². The summed E-state index contributed by atoms with van der Waals surface area (Å²) in [6.07, 6.45) is 3.35. The fourth-order valence-corrected chi connectivity index (χ4v) is 3.73. The maximum atomic E-state index is 14.7. The molecule has 0 fully saturated rings. The number of pyridine rings is 1. The lowest BCUT2D eigenvalue weighted by Crippen LogP contribution is -2.27. The van der Waals surface area contributed by atoms with Crippen LogP contribution in [-0.4, -0.2) is 18.0 Å². The summed E-state index contributed by atoms with van der Waals surface area (Å²) in [6.45, 7) is 4.00. The molecule has 1 aromatic carbocycles. The van der Waals surface area contributed by atoms with Gasteiger partial charge < -0.3 is 9.47 Å². The van der Waals surface area contributed by atoms with E-state index in [-0.39, 0.29) is 22.6 Å². The summed E-state index contributed by atoms with van der Waals surface area (Å²) in [5.74, 6) is -0.332. The minimum atomic E-state index is -0.716. The van der Waals surface area contributed by atoms with Gasteiger partial charge in [-0.15, -0.1) is 0 Å². The Labute approximate surface area is 167 Å². The molecule has 2 aliphatic rings. The van der Waals surface area contributed by atoms with E-state index in [0.717, 1.165) is 30.9 Å². The van der Waals surface area contributed by atoms with E-state index in [4.69, 9.17) is 21.1 Å². The van der Waals surface area contributed by atoms with Gasteiger partial charge in [-0.3, -0.25) is 9.69 Å². The molecule has 0 radical (unpaired) electrons. The van der Waals surface area contributed by atoms with Gasteiger partial charge in [0, 0.05) is 17.3 Å². The molecule has 1 aromatic heterocycles. The Morgan fingerprint density at radius 3 is 2.54 bits per heavy atom. The minimum absolute atomic E-state index is 0.0119. The standard InChI is InChI=1S/C21H18ClFN2O3/c1-12-13-7-3-4-8-14(13)21(26)25(12)19-16(23)11-15(22)20(24-19)28-18-10-6-5-9-17(18)27-2/h5-6,9-11H,1,3-4,7-8H2,2H3. The van der Waals surface area contributed by atoms with Crippen LogP contribution in [0.4, 0.5) is 10.2 Å². The average molecular weight is 401 g/mol. The first-order valence-electron chi connectivity index (χ1n) is 8.94. The first-order chi connectivity index (χ1) is 13.5. The summed E-state index contributed by atoms with van der Waals surface area (Å²) < 4.78 is 25.7. The topological polar surface area (TPSA) is 51.7 Å². The van der Waals surface area contributed by atoms with Crippen molar-refractivity contribution in [2.45, 2.75) is 25.7 Å². The third kappa shape index (κ3) is 3.03. The monoisotopic (exact) mass is 400 g/mol. The summed E-state index contributed by atoms with van der Waals surface area (Å²) >= 11 is 6.14. The smallest absolute Gasteiger partial charge is 0.260 e. The fraction of sp³-hybridized carbons (Fsp3) is 0.238. The Kier molecular flexibility index (Phi) is 4.81. The summed E-state index contributed by atoms with van der Waals surface area (Å²) in [5.41, 5.74) is 2.05. The van der Waals surface area contributed by atoms with Crippen molar-refractivity contribution in [2.24, 2.45) is 0 Å². The van der Waals surface area contributed by atoms with E-state index in [1.54, 1.807) is 24.3 Å². The Balaban J connectivity index is 1.72. The Bertz CT molecular complexity index is 991. The molecule has 4 rings (SSSR count). The second kappa shape index (κ2) is 7.28. The molecule has 0 spiro atoms. The number of benzene rings is 1. The van der Waals surface area contributed by atoms with Gasteiger partial charge in [0.2, 0.25) is 5.88 Å². The number of halogens is 2. The minimum Gasteiger partial charge on any atom is -0.493 e. The van der Waals surface area contributed by atoms with Crippen LogP contribution in [0.5, 0.6) is 17.4 Å². The molecule has 1 aliphatic heterocycles. The number of carbonyl (C=O) groups excluding carboxylic acids is 1. The lowest BCUT2D eigenvalue weighted by atomic mass is 9.93. The maximum Gasteiger partial charge on any atom is 0.260 e. The second-order valence-electron chi connectivity index (χ2n) is 6.59. The van der Waals surface area contributed by atoms with E-state index in [2.05, 4.69) is 11.6 Å². The van der Waals surface area contributed by atoms with E-state index in [0.29, 0.717) is 29.2 Å². The molecule has 1 amide bonds. The van der Waals surface area contributed by atoms with Gasteiger partial charge in [-0.05, 0) is 43.4 Å². The zero-order chi connectivity index (χ0) is 19.8. The molecule has 5 nitrogen and oxygen atoms in total. The number of anilines is 1. The van der Waals surface area contributed by atoms with E-state index in [9.17, 15) is 9.18 Å². The van der Waals surface area contributed by atoms with E-state index >= 15 is 0 Å². The van der Waals surface area contributed by atoms with Gasteiger partial charge in [0.15, 0.2) is 23.1 Å². The van der Waals surface area contributed by atoms with Gasteiger partial charge in [0.25, 0.3) is 5.91 Å². The second-order valence-corrected chi connectivity index (χ2v) is 6.99. The van der Waals surface area contributed by atoms with Crippen LogP contribution in [0, 0.1) is 5.82 Å². The number of hydrogen-bond donors (Lipinski definition) is 0. The number of hydrogen-bond acceptors (Lipinski definition) is 4. The Hall–Kier alpha value is -2.86. The summed E-state index contributed by atoms with van der Waals surface area (Å²) in [4.78, 5) is 18.3. The van der Waals surface area contributed by atoms with E-state index in [1.807, 2.05) is 0 Å². The summed E-state index contributed by atoms with van der Waals surface area (Å²) in [5, 5.41) is -0.0119. The summed E-state index contributed by atoms with van der Waals surface area (Å²) in [6, 6.07) is 8.05. The number of methoxy groups -OCH3 is 1. The number of amides is 1. The molecule has 144 valence electrons. The first-order valence-corrected chi connectivity index (χ1v) is 9.31. The molecule has 2 aromatic rings. The normalized spacial score (nSPS) is 16.5. The third-order valence-electron chi connectivity index (χ3n) is 4.91. The molecule has 0 unspecified atom stereocenters. The van der Waals surface area contributed by atoms with Crippen molar-refractivity contribution in [2.75, 3.05) is 12.0 Å². The quantitative estimate of drug-likeness (QED) is 0.689. The molecule has 0 atom stereocenters. The van der Waals surface area contributed by atoms with Gasteiger partial charge in [-0.25, -0.2) is 4.39 Å². The highest BCUT2D eigenvalue weighted by Crippen LogP contribution is 2.42. The molecule has 2 heterocycles. The lowest BCUT2D eigenvalue weighted by molar-refractivity contribution is -0.114. The van der Waals surface area contributed by atoms with Crippen LogP contribution < -0.4 is 14.4 Å². The van der Waals surface area contributed by atoms with E-state index in [1.165, 1.54) is 12.0 Å². The van der Waals surface area contributed by atoms with Crippen LogP contribution in [0.25, 0.3) is 0 Å². The molecule has 1 aliphatic carbocycles. The Morgan fingerprint density at radius 2 is 1.86 bits per heavy atom. The zero-order valence-electron chi connectivity index (χ0n) is 15.3. The number of para-hydroxylation sites is 2. The predicted molar refractivity (Wildman–Crippen MR) is 104 cm³/mol. The highest BCUT2D eigenvalue weighted by Gasteiger charge is 2.38. The largest absolute Gasteiger partial charge is 0.493 e. The fourth-order valence-electron chi connectivity index (χ4n) is 3.55. The van der Waals surface area contributed by atoms with Crippen LogP contribution >= 0.6 is 11.6 Å². The van der Waals surface area contributed by atoms with Crippen LogP contribution in [0.3, 0.4) is 0 Å². The van der Waals surface area contributed by atoms with Gasteiger partial charge in [-0.2, -0.15) is 4.98 Å². The highest BCUT2D eigenvalue weighted by atomic mass is 35.5.